The van der Waals surface area contributed by atoms with Gasteiger partial charge in [-0.25, -0.2) is 4.68 Å². The molecule has 136 valence electrons. The van der Waals surface area contributed by atoms with Crippen LogP contribution in [0.4, 0.5) is 0 Å². The molecule has 3 aromatic rings. The molecular weight excluding hydrogens is 406 g/mol. The maximum absolute atomic E-state index is 12.8. The molecule has 1 aliphatic carbocycles. The number of aromatic nitrogens is 4. The van der Waals surface area contributed by atoms with Crippen LogP contribution in [0.25, 0.3) is 0 Å². The van der Waals surface area contributed by atoms with Gasteiger partial charge in [0.15, 0.2) is 0 Å². The molecule has 1 aliphatic rings. The van der Waals surface area contributed by atoms with Gasteiger partial charge in [0.2, 0.25) is 10.9 Å². The lowest BCUT2D eigenvalue weighted by molar-refractivity contribution is 0.104. The highest BCUT2D eigenvalue weighted by Crippen LogP contribution is 2.33. The number of carbonyl (C=O) groups is 1. The van der Waals surface area contributed by atoms with Gasteiger partial charge in [0, 0.05) is 18.2 Å². The minimum absolute atomic E-state index is 0.143. The molecule has 0 spiro atoms. The monoisotopic (exact) mass is 417 g/mol. The standard InChI is InChI=1S/C16H11N5O3S3/c1-21-16(17-19-20-21)26-13-9-12(10-5-2-3-6-11(10)15(13)22)18-27(23,24)14-7-4-8-25-14/h2-9H,1H3. The Morgan fingerprint density at radius 2 is 1.93 bits per heavy atom. The fourth-order valence-corrected chi connectivity index (χ4v) is 5.23. The molecule has 0 radical (unpaired) electrons. The summed E-state index contributed by atoms with van der Waals surface area (Å²) in [5.41, 5.74) is 1.07. The zero-order chi connectivity index (χ0) is 19.0. The Morgan fingerprint density at radius 3 is 2.59 bits per heavy atom. The number of thiophene rings is 1. The van der Waals surface area contributed by atoms with Crippen molar-refractivity contribution in [2.45, 2.75) is 9.37 Å². The second-order valence-electron chi connectivity index (χ2n) is 5.45. The second kappa shape index (κ2) is 6.83. The molecule has 11 heteroatoms. The second-order valence-corrected chi connectivity index (χ2v) is 9.24. The summed E-state index contributed by atoms with van der Waals surface area (Å²) >= 11 is 2.15. The van der Waals surface area contributed by atoms with Crippen molar-refractivity contribution in [3.8, 4) is 0 Å². The first kappa shape index (κ1) is 17.8. The number of tetrazole rings is 1. The first-order valence-electron chi connectivity index (χ1n) is 7.60. The first-order valence-corrected chi connectivity index (χ1v) is 10.7. The van der Waals surface area contributed by atoms with E-state index in [2.05, 4.69) is 19.9 Å². The molecule has 0 N–H and O–H groups in total. The van der Waals surface area contributed by atoms with E-state index >= 15 is 0 Å². The van der Waals surface area contributed by atoms with Crippen molar-refractivity contribution >= 4 is 44.6 Å². The van der Waals surface area contributed by atoms with Gasteiger partial charge in [0.05, 0.1) is 10.6 Å². The van der Waals surface area contributed by atoms with Gasteiger partial charge in [0.25, 0.3) is 10.0 Å². The molecule has 0 amide bonds. The van der Waals surface area contributed by atoms with Crippen molar-refractivity contribution in [1.82, 2.24) is 20.2 Å². The van der Waals surface area contributed by atoms with Crippen molar-refractivity contribution in [1.29, 1.82) is 0 Å². The van der Waals surface area contributed by atoms with Crippen LogP contribution < -0.4 is 0 Å². The third-order valence-electron chi connectivity index (χ3n) is 3.69. The van der Waals surface area contributed by atoms with Gasteiger partial charge >= 0.3 is 0 Å². The molecule has 0 aliphatic heterocycles. The molecule has 0 unspecified atom stereocenters. The molecule has 2 aromatic heterocycles. The summed E-state index contributed by atoms with van der Waals surface area (Å²) in [6.45, 7) is 0. The van der Waals surface area contributed by atoms with Crippen LogP contribution in [0.1, 0.15) is 15.9 Å². The molecule has 0 atom stereocenters. The maximum Gasteiger partial charge on any atom is 0.292 e. The van der Waals surface area contributed by atoms with Crippen molar-refractivity contribution in [2.75, 3.05) is 0 Å². The van der Waals surface area contributed by atoms with Crippen molar-refractivity contribution in [2.24, 2.45) is 11.4 Å². The smallest absolute Gasteiger partial charge is 0.288 e. The molecule has 4 rings (SSSR count). The van der Waals surface area contributed by atoms with Crippen molar-refractivity contribution in [3.05, 3.63) is 63.9 Å². The summed E-state index contributed by atoms with van der Waals surface area (Å²) in [6.07, 6.45) is 1.47. The lowest BCUT2D eigenvalue weighted by Gasteiger charge is -2.16. The number of nitrogens with zero attached hydrogens (tertiary/aromatic N) is 5. The topological polar surface area (TPSA) is 107 Å². The van der Waals surface area contributed by atoms with E-state index in [4.69, 9.17) is 0 Å². The highest BCUT2D eigenvalue weighted by molar-refractivity contribution is 8.04. The maximum atomic E-state index is 12.8. The van der Waals surface area contributed by atoms with Crippen LogP contribution in [-0.2, 0) is 17.1 Å². The largest absolute Gasteiger partial charge is 0.292 e. The molecule has 0 fully saturated rings. The normalized spacial score (nSPS) is 15.7. The van der Waals surface area contributed by atoms with Gasteiger partial charge < -0.3 is 0 Å². The van der Waals surface area contributed by atoms with E-state index in [0.29, 0.717) is 21.2 Å². The Morgan fingerprint density at radius 1 is 1.15 bits per heavy atom. The zero-order valence-electron chi connectivity index (χ0n) is 13.8. The molecule has 1 aromatic carbocycles. The Labute approximate surface area is 162 Å². The number of ketones is 1. The number of thioether (sulfide) groups is 1. The van der Waals surface area contributed by atoms with E-state index in [1.165, 1.54) is 16.8 Å². The summed E-state index contributed by atoms with van der Waals surface area (Å²) in [4.78, 5) is 13.1. The number of benzene rings is 1. The summed E-state index contributed by atoms with van der Waals surface area (Å²) in [5, 5.41) is 13.2. The number of hydrogen-bond donors (Lipinski definition) is 0. The molecule has 8 nitrogen and oxygen atoms in total. The van der Waals surface area contributed by atoms with Crippen LogP contribution in [0.3, 0.4) is 0 Å². The lowest BCUT2D eigenvalue weighted by atomic mass is 9.94. The van der Waals surface area contributed by atoms with Gasteiger partial charge in [-0.05, 0) is 39.7 Å². The summed E-state index contributed by atoms with van der Waals surface area (Å²) < 4.78 is 30.8. The van der Waals surface area contributed by atoms with E-state index < -0.39 is 10.0 Å². The summed E-state index contributed by atoms with van der Waals surface area (Å²) in [6, 6.07) is 9.92. The van der Waals surface area contributed by atoms with Crippen LogP contribution in [0.2, 0.25) is 0 Å². The molecule has 27 heavy (non-hydrogen) atoms. The lowest BCUT2D eigenvalue weighted by Crippen LogP contribution is -2.17. The number of fused-ring (bicyclic) bond motifs is 1. The molecular formula is C16H11N5O3S3. The van der Waals surface area contributed by atoms with Crippen LogP contribution >= 0.6 is 23.1 Å². The average molecular weight is 417 g/mol. The molecule has 0 saturated carbocycles. The summed E-state index contributed by atoms with van der Waals surface area (Å²) in [7, 11) is -2.22. The molecule has 0 saturated heterocycles. The average Bonchev–Trinajstić information content (AvgIpc) is 3.32. The van der Waals surface area contributed by atoms with Gasteiger partial charge in [-0.15, -0.1) is 16.4 Å². The van der Waals surface area contributed by atoms with E-state index in [1.807, 2.05) is 0 Å². The van der Waals surface area contributed by atoms with Gasteiger partial charge in [-0.2, -0.15) is 12.8 Å². The highest BCUT2D eigenvalue weighted by Gasteiger charge is 2.27. The van der Waals surface area contributed by atoms with E-state index in [9.17, 15) is 13.2 Å². The van der Waals surface area contributed by atoms with Crippen LogP contribution in [0, 0.1) is 0 Å². The number of aryl methyl sites for hydroxylation is 1. The van der Waals surface area contributed by atoms with Crippen molar-refractivity contribution in [3.63, 3.8) is 0 Å². The highest BCUT2D eigenvalue weighted by atomic mass is 32.2. The first-order chi connectivity index (χ1) is 13.0. The number of hydrogen-bond acceptors (Lipinski definition) is 8. The van der Waals surface area contributed by atoms with Crippen LogP contribution in [0.5, 0.6) is 0 Å². The van der Waals surface area contributed by atoms with Crippen LogP contribution in [0.15, 0.2) is 66.5 Å². The zero-order valence-corrected chi connectivity index (χ0v) is 16.3. The Hall–Kier alpha value is -2.63. The predicted octanol–water partition coefficient (Wildman–Crippen LogP) is 2.32. The third kappa shape index (κ3) is 3.36. The Balaban J connectivity index is 1.84. The Bertz CT molecular complexity index is 1190. The predicted molar refractivity (Wildman–Crippen MR) is 102 cm³/mol. The quantitative estimate of drug-likeness (QED) is 0.641. The number of sulfonamides is 1. The number of Topliss-reactive ketones (excluding diaryl/α,β-unsaturated/α-hetero) is 1. The SMILES string of the molecule is Cn1nnnc1SC1=CC(=NS(=O)(=O)c2cccs2)c2ccccc2C1=O. The van der Waals surface area contributed by atoms with E-state index in [1.54, 1.807) is 42.8 Å². The number of allylic oxidation sites excluding steroid dienone is 2. The minimum atomic E-state index is -3.87. The Kier molecular flexibility index (Phi) is 4.50. The van der Waals surface area contributed by atoms with E-state index in [0.717, 1.165) is 23.1 Å². The molecule has 2 heterocycles. The van der Waals surface area contributed by atoms with Crippen molar-refractivity contribution < 1.29 is 13.2 Å². The minimum Gasteiger partial charge on any atom is -0.288 e. The summed E-state index contributed by atoms with van der Waals surface area (Å²) in [5.74, 6) is -0.230. The fourth-order valence-electron chi connectivity index (χ4n) is 2.45. The fraction of sp³-hybridized carbons (Fsp3) is 0.0625. The third-order valence-corrected chi connectivity index (χ3v) is 7.40. The van der Waals surface area contributed by atoms with Gasteiger partial charge in [-0.1, -0.05) is 30.3 Å². The number of carbonyl (C=O) groups excluding carboxylic acids is 1. The van der Waals surface area contributed by atoms with Crippen LogP contribution in [-0.4, -0.2) is 40.1 Å². The molecule has 0 bridgehead atoms. The van der Waals surface area contributed by atoms with Gasteiger partial charge in [0.1, 0.15) is 4.21 Å². The number of rotatable bonds is 4. The van der Waals surface area contributed by atoms with Gasteiger partial charge in [-0.3, -0.25) is 4.79 Å². The van der Waals surface area contributed by atoms with E-state index in [-0.39, 0.29) is 15.7 Å².